The van der Waals surface area contributed by atoms with Crippen molar-refractivity contribution in [3.05, 3.63) is 46.5 Å². The lowest BCUT2D eigenvalue weighted by Gasteiger charge is -2.30. The molecule has 15 heteroatoms. The van der Waals surface area contributed by atoms with Gasteiger partial charge in [-0.25, -0.2) is 0 Å². The molecule has 2 aromatic carbocycles. The minimum Gasteiger partial charge on any atom is -0.496 e. The molecule has 0 aliphatic heterocycles. The largest absolute Gasteiger partial charge is 0.496 e. The van der Waals surface area contributed by atoms with E-state index in [4.69, 9.17) is 30.4 Å². The van der Waals surface area contributed by atoms with Crippen LogP contribution in [0.15, 0.2) is 24.3 Å². The molecule has 0 atom stereocenters. The summed E-state index contributed by atoms with van der Waals surface area (Å²) < 4.78 is 23.4. The first-order valence-corrected chi connectivity index (χ1v) is 21.5. The van der Waals surface area contributed by atoms with Crippen molar-refractivity contribution >= 4 is 23.6 Å². The molecule has 0 bridgehead atoms. The molecular formula is C44H69N7O8. The summed E-state index contributed by atoms with van der Waals surface area (Å²) in [6.45, 7) is 3.03. The molecule has 0 radical (unpaired) electrons. The van der Waals surface area contributed by atoms with Crippen LogP contribution in [0, 0.1) is 0 Å². The summed E-state index contributed by atoms with van der Waals surface area (Å²) in [6.07, 6.45) is 12.7. The zero-order chi connectivity index (χ0) is 42.6. The number of amides is 4. The lowest BCUT2D eigenvalue weighted by atomic mass is 9.90. The fourth-order valence-corrected chi connectivity index (χ4v) is 7.53. The van der Waals surface area contributed by atoms with E-state index >= 15 is 0 Å². The van der Waals surface area contributed by atoms with E-state index in [1.54, 1.807) is 24.3 Å². The molecular weight excluding hydrogens is 755 g/mol. The van der Waals surface area contributed by atoms with E-state index in [2.05, 4.69) is 21.3 Å². The molecule has 15 nitrogen and oxygen atoms in total. The van der Waals surface area contributed by atoms with E-state index in [0.29, 0.717) is 88.1 Å². The van der Waals surface area contributed by atoms with E-state index in [9.17, 15) is 19.2 Å². The fourth-order valence-electron chi connectivity index (χ4n) is 7.53. The minimum atomic E-state index is -0.353. The normalized spacial score (nSPS) is 16.9. The number of hydrogen-bond acceptors (Lipinski definition) is 11. The molecule has 2 fully saturated rings. The molecule has 4 amide bonds. The van der Waals surface area contributed by atoms with Crippen LogP contribution in [0.3, 0.4) is 0 Å². The average molecular weight is 824 g/mol. The summed E-state index contributed by atoms with van der Waals surface area (Å²) >= 11 is 0. The maximum atomic E-state index is 14.0. The third-order valence-electron chi connectivity index (χ3n) is 11.0. The van der Waals surface area contributed by atoms with Crippen LogP contribution < -0.4 is 51.7 Å². The zero-order valence-corrected chi connectivity index (χ0v) is 35.8. The number of nitrogens with one attached hydrogen (secondary N) is 4. The van der Waals surface area contributed by atoms with Gasteiger partial charge in [0.25, 0.3) is 23.6 Å². The lowest BCUT2D eigenvalue weighted by Crippen LogP contribution is -2.44. The highest BCUT2D eigenvalue weighted by atomic mass is 16.5. The van der Waals surface area contributed by atoms with Crippen LogP contribution in [0.4, 0.5) is 0 Å². The Kier molecular flexibility index (Phi) is 20.0. The topological polar surface area (TPSA) is 209 Å². The number of nitrogens with two attached hydrogens (primary N) is 2. The Balaban J connectivity index is 1.46. The molecule has 2 aromatic rings. The highest BCUT2D eigenvalue weighted by Gasteiger charge is 2.29. The van der Waals surface area contributed by atoms with Gasteiger partial charge in [-0.15, -0.1) is 0 Å². The molecule has 4 rings (SSSR count). The van der Waals surface area contributed by atoms with Crippen LogP contribution in [0.25, 0.3) is 0 Å². The second-order valence-corrected chi connectivity index (χ2v) is 15.9. The van der Waals surface area contributed by atoms with Crippen LogP contribution >= 0.6 is 0 Å². The summed E-state index contributed by atoms with van der Waals surface area (Å²) in [5.74, 6) is 0.0201. The van der Waals surface area contributed by atoms with Gasteiger partial charge in [-0.3, -0.25) is 19.2 Å². The van der Waals surface area contributed by atoms with Crippen molar-refractivity contribution in [2.75, 3.05) is 67.7 Å². The highest BCUT2D eigenvalue weighted by Crippen LogP contribution is 2.33. The quantitative estimate of drug-likeness (QED) is 0.0810. The number of ether oxygens (including phenoxy) is 4. The van der Waals surface area contributed by atoms with Crippen molar-refractivity contribution in [1.82, 2.24) is 26.2 Å². The second kappa shape index (κ2) is 25.1. The summed E-state index contributed by atoms with van der Waals surface area (Å²) in [7, 11) is 6.82. The van der Waals surface area contributed by atoms with Crippen molar-refractivity contribution in [2.45, 2.75) is 114 Å². The predicted molar refractivity (Wildman–Crippen MR) is 229 cm³/mol. The molecule has 2 saturated carbocycles. The van der Waals surface area contributed by atoms with Gasteiger partial charge in [0.2, 0.25) is 0 Å². The third-order valence-corrected chi connectivity index (χ3v) is 11.0. The summed E-state index contributed by atoms with van der Waals surface area (Å²) in [5.41, 5.74) is 12.4. The van der Waals surface area contributed by atoms with Gasteiger partial charge < -0.3 is 56.6 Å². The van der Waals surface area contributed by atoms with E-state index in [1.807, 2.05) is 19.0 Å². The Labute approximate surface area is 350 Å². The Bertz CT molecular complexity index is 1660. The van der Waals surface area contributed by atoms with Gasteiger partial charge in [-0.05, 0) is 116 Å². The number of rotatable bonds is 24. The minimum absolute atomic E-state index is 0.0937. The van der Waals surface area contributed by atoms with Crippen LogP contribution in [0.2, 0.25) is 0 Å². The number of carbonyl (C=O) groups excluding carboxylic acids is 4. The second-order valence-electron chi connectivity index (χ2n) is 15.9. The molecule has 0 saturated heterocycles. The molecule has 0 heterocycles. The molecule has 59 heavy (non-hydrogen) atoms. The Morgan fingerprint density at radius 3 is 1.39 bits per heavy atom. The molecule has 0 unspecified atom stereocenters. The van der Waals surface area contributed by atoms with Gasteiger partial charge >= 0.3 is 0 Å². The summed E-state index contributed by atoms with van der Waals surface area (Å²) in [6, 6.07) is 6.12. The zero-order valence-electron chi connectivity index (χ0n) is 35.8. The Morgan fingerprint density at radius 2 is 0.966 bits per heavy atom. The van der Waals surface area contributed by atoms with Gasteiger partial charge in [0.1, 0.15) is 23.0 Å². The maximum Gasteiger partial charge on any atom is 0.255 e. The first kappa shape index (κ1) is 47.1. The number of hydrogen-bond donors (Lipinski definition) is 6. The maximum absolute atomic E-state index is 14.0. The Hall–Kier alpha value is -4.60. The molecule has 0 aromatic heterocycles. The lowest BCUT2D eigenvalue weighted by molar-refractivity contribution is 0.0886. The number of nitrogens with zero attached hydrogens (tertiary/aromatic N) is 1. The van der Waals surface area contributed by atoms with Gasteiger partial charge in [0, 0.05) is 43.3 Å². The molecule has 8 N–H and O–H groups in total. The fraction of sp³-hybridized carbons (Fsp3) is 0.636. The average Bonchev–Trinajstić information content (AvgIpc) is 3.23. The van der Waals surface area contributed by atoms with E-state index < -0.39 is 0 Å². The van der Waals surface area contributed by atoms with Crippen molar-refractivity contribution in [1.29, 1.82) is 0 Å². The SMILES string of the molecule is COc1cc(OC)c(C(=O)NC2CCC(NC(=O)c3cc(C(=O)NCCN(C)C)c(OCCCCCN)cc3OCCCCCN)CC2)cc1C(=O)NC1CCCCC1. The van der Waals surface area contributed by atoms with Crippen LogP contribution in [-0.2, 0) is 0 Å². The number of benzene rings is 2. The van der Waals surface area contributed by atoms with Gasteiger partial charge in [-0.1, -0.05) is 19.3 Å². The van der Waals surface area contributed by atoms with Gasteiger partial charge in [0.15, 0.2) is 0 Å². The van der Waals surface area contributed by atoms with Crippen LogP contribution in [-0.4, -0.2) is 114 Å². The third kappa shape index (κ3) is 14.9. The molecule has 2 aliphatic carbocycles. The monoisotopic (exact) mass is 824 g/mol. The van der Waals surface area contributed by atoms with Crippen LogP contribution in [0.1, 0.15) is 138 Å². The van der Waals surface area contributed by atoms with Crippen molar-refractivity contribution in [2.24, 2.45) is 11.5 Å². The Morgan fingerprint density at radius 1 is 0.559 bits per heavy atom. The van der Waals surface area contributed by atoms with E-state index in [-0.39, 0.29) is 64.0 Å². The van der Waals surface area contributed by atoms with Gasteiger partial charge in [0.05, 0.1) is 49.7 Å². The number of carbonyl (C=O) groups is 4. The van der Waals surface area contributed by atoms with Crippen molar-refractivity contribution in [3.63, 3.8) is 0 Å². The van der Waals surface area contributed by atoms with Gasteiger partial charge in [-0.2, -0.15) is 0 Å². The first-order chi connectivity index (χ1) is 28.6. The van der Waals surface area contributed by atoms with Crippen molar-refractivity contribution < 1.29 is 38.1 Å². The van der Waals surface area contributed by atoms with E-state index in [0.717, 1.165) is 64.2 Å². The number of unbranched alkanes of at least 4 members (excludes halogenated alkanes) is 4. The number of methoxy groups -OCH3 is 2. The standard InChI is InChI=1S/C44H69N7O8/c1-51(2)23-22-47-41(52)35-27-36(40(59-25-13-7-11-21-46)29-39(35)58-24-12-6-10-20-45)44(55)50-32-18-16-31(17-19-32)49-43(54)34-26-33(37(56-3)28-38(34)57-4)42(53)48-30-14-8-5-9-15-30/h26-32H,5-25,45-46H2,1-4H3,(H,47,52)(H,48,53)(H,49,54)(H,50,55). The summed E-state index contributed by atoms with van der Waals surface area (Å²) in [4.78, 5) is 56.6. The molecule has 2 aliphatic rings. The highest BCUT2D eigenvalue weighted by molar-refractivity contribution is 6.04. The molecule has 0 spiro atoms. The van der Waals surface area contributed by atoms with E-state index in [1.165, 1.54) is 20.6 Å². The smallest absolute Gasteiger partial charge is 0.255 e. The number of likely N-dealkylation sites (N-methyl/N-ethyl adjacent to an activating group) is 1. The van der Waals surface area contributed by atoms with Crippen LogP contribution in [0.5, 0.6) is 23.0 Å². The predicted octanol–water partition coefficient (Wildman–Crippen LogP) is 4.54. The first-order valence-electron chi connectivity index (χ1n) is 21.5. The summed E-state index contributed by atoms with van der Waals surface area (Å²) in [5, 5.41) is 12.4. The molecule has 328 valence electrons. The van der Waals surface area contributed by atoms with Crippen molar-refractivity contribution in [3.8, 4) is 23.0 Å².